The minimum absolute atomic E-state index is 0.0450. The standard InChI is InChI=1S/C11H11O5P/c12-7-8-1-2-10-6-11(16-17(13,14)15)4-3-9(10)5-8/h1-6,12H,7H2,(H2,13,14,15). The van der Waals surface area contributed by atoms with Crippen molar-refractivity contribution in [3.63, 3.8) is 0 Å². The lowest BCUT2D eigenvalue weighted by molar-refractivity contribution is 0.282. The van der Waals surface area contributed by atoms with Crippen LogP contribution in [0.2, 0.25) is 0 Å². The number of benzene rings is 2. The predicted molar refractivity (Wildman–Crippen MR) is 62.5 cm³/mol. The summed E-state index contributed by atoms with van der Waals surface area (Å²) >= 11 is 0. The first-order valence-electron chi connectivity index (χ1n) is 4.87. The van der Waals surface area contributed by atoms with Gasteiger partial charge in [0.2, 0.25) is 0 Å². The van der Waals surface area contributed by atoms with Crippen LogP contribution < -0.4 is 4.52 Å². The van der Waals surface area contributed by atoms with Gasteiger partial charge in [-0.15, -0.1) is 0 Å². The monoisotopic (exact) mass is 254 g/mol. The topological polar surface area (TPSA) is 87.0 Å². The second-order valence-electron chi connectivity index (χ2n) is 3.58. The van der Waals surface area contributed by atoms with Crippen molar-refractivity contribution in [3.05, 3.63) is 42.0 Å². The molecule has 0 aromatic heterocycles. The van der Waals surface area contributed by atoms with E-state index >= 15 is 0 Å². The second kappa shape index (κ2) is 4.47. The van der Waals surface area contributed by atoms with Gasteiger partial charge in [-0.05, 0) is 34.5 Å². The van der Waals surface area contributed by atoms with Crippen LogP contribution in [0.3, 0.4) is 0 Å². The van der Waals surface area contributed by atoms with Gasteiger partial charge in [0.1, 0.15) is 5.75 Å². The Kier molecular flexibility index (Phi) is 3.17. The van der Waals surface area contributed by atoms with E-state index < -0.39 is 7.82 Å². The van der Waals surface area contributed by atoms with E-state index in [4.69, 9.17) is 14.9 Å². The lowest BCUT2D eigenvalue weighted by atomic mass is 10.1. The van der Waals surface area contributed by atoms with Crippen molar-refractivity contribution in [1.29, 1.82) is 0 Å². The maximum Gasteiger partial charge on any atom is 0.524 e. The number of rotatable bonds is 3. The molecule has 0 atom stereocenters. The van der Waals surface area contributed by atoms with Gasteiger partial charge in [-0.1, -0.05) is 18.2 Å². The van der Waals surface area contributed by atoms with Crippen LogP contribution in [-0.2, 0) is 11.2 Å². The Morgan fingerprint density at radius 2 is 1.71 bits per heavy atom. The normalized spacial score (nSPS) is 11.7. The third kappa shape index (κ3) is 3.05. The summed E-state index contributed by atoms with van der Waals surface area (Å²) in [6.07, 6.45) is 0. The van der Waals surface area contributed by atoms with Gasteiger partial charge in [-0.2, -0.15) is 0 Å². The summed E-state index contributed by atoms with van der Waals surface area (Å²) in [5, 5.41) is 10.6. The molecule has 0 aliphatic heterocycles. The lowest BCUT2D eigenvalue weighted by Crippen LogP contribution is -1.90. The highest BCUT2D eigenvalue weighted by Gasteiger charge is 2.15. The quantitative estimate of drug-likeness (QED) is 0.727. The van der Waals surface area contributed by atoms with Crippen LogP contribution in [0.1, 0.15) is 5.56 Å². The van der Waals surface area contributed by atoms with Crippen molar-refractivity contribution in [3.8, 4) is 5.75 Å². The lowest BCUT2D eigenvalue weighted by Gasteiger charge is -2.08. The van der Waals surface area contributed by atoms with Crippen LogP contribution in [0.4, 0.5) is 0 Å². The Bertz CT molecular complexity index is 589. The third-order valence-corrected chi connectivity index (χ3v) is 2.73. The first-order chi connectivity index (χ1) is 7.98. The molecule has 6 heteroatoms. The van der Waals surface area contributed by atoms with Crippen LogP contribution in [0.15, 0.2) is 36.4 Å². The Labute approximate surface area is 97.5 Å². The Morgan fingerprint density at radius 3 is 2.35 bits per heavy atom. The van der Waals surface area contributed by atoms with Crippen LogP contribution in [0.25, 0.3) is 10.8 Å². The van der Waals surface area contributed by atoms with Gasteiger partial charge >= 0.3 is 7.82 Å². The highest BCUT2D eigenvalue weighted by atomic mass is 31.2. The Morgan fingerprint density at radius 1 is 1.06 bits per heavy atom. The van der Waals surface area contributed by atoms with Crippen molar-refractivity contribution in [1.82, 2.24) is 0 Å². The van der Waals surface area contributed by atoms with Gasteiger partial charge < -0.3 is 9.63 Å². The van der Waals surface area contributed by atoms with Gasteiger partial charge in [-0.3, -0.25) is 9.79 Å². The van der Waals surface area contributed by atoms with Crippen molar-refractivity contribution in [2.75, 3.05) is 0 Å². The smallest absolute Gasteiger partial charge is 0.404 e. The Hall–Kier alpha value is -1.39. The fourth-order valence-corrected chi connectivity index (χ4v) is 1.95. The van der Waals surface area contributed by atoms with E-state index in [2.05, 4.69) is 4.52 Å². The molecule has 0 radical (unpaired) electrons. The van der Waals surface area contributed by atoms with Gasteiger partial charge in [0.25, 0.3) is 0 Å². The zero-order chi connectivity index (χ0) is 12.5. The molecule has 0 aliphatic rings. The Balaban J connectivity index is 2.41. The summed E-state index contributed by atoms with van der Waals surface area (Å²) in [5.41, 5.74) is 0.779. The van der Waals surface area contributed by atoms with Crippen molar-refractivity contribution in [2.24, 2.45) is 0 Å². The molecule has 2 aromatic carbocycles. The molecule has 0 amide bonds. The molecular formula is C11H11O5P. The maximum atomic E-state index is 10.7. The molecule has 2 aromatic rings. The molecule has 0 saturated heterocycles. The molecule has 0 spiro atoms. The van der Waals surface area contributed by atoms with Crippen LogP contribution in [0.5, 0.6) is 5.75 Å². The fraction of sp³-hybridized carbons (Fsp3) is 0.0909. The van der Waals surface area contributed by atoms with Crippen molar-refractivity contribution < 1.29 is 24.0 Å². The summed E-state index contributed by atoms with van der Waals surface area (Å²) < 4.78 is 15.2. The number of aliphatic hydroxyl groups is 1. The van der Waals surface area contributed by atoms with E-state index in [9.17, 15) is 4.57 Å². The summed E-state index contributed by atoms with van der Waals surface area (Å²) in [7, 11) is -4.52. The van der Waals surface area contributed by atoms with Gasteiger partial charge in [0.15, 0.2) is 0 Å². The molecule has 0 fully saturated rings. The van der Waals surface area contributed by atoms with E-state index in [0.717, 1.165) is 16.3 Å². The van der Waals surface area contributed by atoms with Crippen LogP contribution in [-0.4, -0.2) is 14.9 Å². The van der Waals surface area contributed by atoms with Gasteiger partial charge in [0, 0.05) is 0 Å². The van der Waals surface area contributed by atoms with E-state index in [1.807, 2.05) is 0 Å². The first-order valence-corrected chi connectivity index (χ1v) is 6.40. The van der Waals surface area contributed by atoms with Crippen LogP contribution in [0, 0.1) is 0 Å². The number of hydrogen-bond acceptors (Lipinski definition) is 3. The summed E-state index contributed by atoms with van der Waals surface area (Å²) in [6, 6.07) is 9.99. The number of aliphatic hydroxyl groups excluding tert-OH is 1. The minimum Gasteiger partial charge on any atom is -0.404 e. The molecule has 17 heavy (non-hydrogen) atoms. The number of phosphoric acid groups is 1. The van der Waals surface area contributed by atoms with Crippen molar-refractivity contribution >= 4 is 18.6 Å². The fourth-order valence-electron chi connectivity index (χ4n) is 1.57. The van der Waals surface area contributed by atoms with Crippen LogP contribution >= 0.6 is 7.82 Å². The molecule has 2 rings (SSSR count). The minimum atomic E-state index is -4.52. The summed E-state index contributed by atoms with van der Waals surface area (Å²) in [5.74, 6) is 0.114. The van der Waals surface area contributed by atoms with E-state index in [0.29, 0.717) is 0 Å². The zero-order valence-corrected chi connectivity index (χ0v) is 9.67. The average Bonchev–Trinajstić information content (AvgIpc) is 2.26. The molecule has 5 nitrogen and oxygen atoms in total. The molecule has 0 bridgehead atoms. The summed E-state index contributed by atoms with van der Waals surface area (Å²) in [4.78, 5) is 17.4. The van der Waals surface area contributed by atoms with E-state index in [-0.39, 0.29) is 12.4 Å². The first kappa shape index (κ1) is 12.1. The highest BCUT2D eigenvalue weighted by molar-refractivity contribution is 7.46. The SMILES string of the molecule is O=P(O)(O)Oc1ccc2cc(CO)ccc2c1. The number of fused-ring (bicyclic) bond motifs is 1. The molecular weight excluding hydrogens is 243 g/mol. The average molecular weight is 254 g/mol. The highest BCUT2D eigenvalue weighted by Crippen LogP contribution is 2.38. The molecule has 3 N–H and O–H groups in total. The number of hydrogen-bond donors (Lipinski definition) is 3. The molecule has 0 unspecified atom stereocenters. The maximum absolute atomic E-state index is 10.7. The third-order valence-electron chi connectivity index (χ3n) is 2.28. The largest absolute Gasteiger partial charge is 0.524 e. The van der Waals surface area contributed by atoms with Crippen molar-refractivity contribution in [2.45, 2.75) is 6.61 Å². The number of phosphoric ester groups is 1. The molecule has 0 heterocycles. The van der Waals surface area contributed by atoms with Gasteiger partial charge in [0.05, 0.1) is 6.61 Å². The molecule has 0 saturated carbocycles. The van der Waals surface area contributed by atoms with Gasteiger partial charge in [-0.25, -0.2) is 4.57 Å². The van der Waals surface area contributed by atoms with E-state index in [1.54, 1.807) is 24.3 Å². The summed E-state index contributed by atoms with van der Waals surface area (Å²) in [6.45, 7) is -0.0450. The second-order valence-corrected chi connectivity index (χ2v) is 4.75. The molecule has 90 valence electrons. The predicted octanol–water partition coefficient (Wildman–Crippen LogP) is 1.80. The zero-order valence-electron chi connectivity index (χ0n) is 8.78. The van der Waals surface area contributed by atoms with E-state index in [1.165, 1.54) is 12.1 Å². The molecule has 0 aliphatic carbocycles.